The molecule has 0 saturated carbocycles. The van der Waals surface area contributed by atoms with Crippen molar-refractivity contribution in [1.82, 2.24) is 15.5 Å². The lowest BCUT2D eigenvalue weighted by molar-refractivity contribution is -0.122. The molecule has 1 saturated heterocycles. The van der Waals surface area contributed by atoms with E-state index in [2.05, 4.69) is 15.0 Å². The van der Waals surface area contributed by atoms with E-state index in [4.69, 9.17) is 0 Å². The molecule has 0 unspecified atom stereocenters. The summed E-state index contributed by atoms with van der Waals surface area (Å²) in [5.41, 5.74) is 0.546. The first kappa shape index (κ1) is 15.9. The van der Waals surface area contributed by atoms with E-state index < -0.39 is 10.0 Å². The summed E-state index contributed by atoms with van der Waals surface area (Å²) >= 11 is 0. The van der Waals surface area contributed by atoms with E-state index in [1.165, 1.54) is 6.07 Å². The summed E-state index contributed by atoms with van der Waals surface area (Å²) in [5, 5.41) is 6.24. The van der Waals surface area contributed by atoms with Gasteiger partial charge < -0.3 is 15.5 Å². The molecule has 1 aromatic carbocycles. The highest BCUT2D eigenvalue weighted by Gasteiger charge is 2.31. The lowest BCUT2D eigenvalue weighted by atomic mass is 10.1. The number of nitrogens with one attached hydrogen (secondary N) is 2. The Balaban J connectivity index is 1.69. The van der Waals surface area contributed by atoms with Crippen LogP contribution in [0.2, 0.25) is 0 Å². The molecule has 2 heterocycles. The van der Waals surface area contributed by atoms with Crippen LogP contribution in [0.4, 0.5) is 0 Å². The number of carbonyl (C=O) groups excluding carboxylic acids is 1. The highest BCUT2D eigenvalue weighted by Crippen LogP contribution is 2.26. The van der Waals surface area contributed by atoms with Crippen molar-refractivity contribution in [1.29, 1.82) is 0 Å². The van der Waals surface area contributed by atoms with Crippen molar-refractivity contribution in [3.63, 3.8) is 0 Å². The number of carbonyl (C=O) groups is 1. The van der Waals surface area contributed by atoms with Crippen molar-refractivity contribution < 1.29 is 13.2 Å². The van der Waals surface area contributed by atoms with Gasteiger partial charge in [-0.15, -0.1) is 4.40 Å². The number of likely N-dealkylation sites (N-methyl/N-ethyl adjacent to an activating group) is 1. The number of benzene rings is 1. The zero-order valence-corrected chi connectivity index (χ0v) is 13.8. The van der Waals surface area contributed by atoms with E-state index in [-0.39, 0.29) is 23.4 Å². The molecule has 3 rings (SSSR count). The van der Waals surface area contributed by atoms with Crippen molar-refractivity contribution >= 4 is 21.8 Å². The summed E-state index contributed by atoms with van der Waals surface area (Å²) in [4.78, 5) is 14.0. The maximum absolute atomic E-state index is 12.2. The molecule has 0 radical (unpaired) electrons. The van der Waals surface area contributed by atoms with Crippen molar-refractivity contribution in [2.75, 3.05) is 26.7 Å². The van der Waals surface area contributed by atoms with Crippen molar-refractivity contribution in [2.24, 2.45) is 4.40 Å². The number of fused-ring (bicyclic) bond motifs is 1. The van der Waals surface area contributed by atoms with Gasteiger partial charge in [0.15, 0.2) is 5.84 Å². The molecule has 23 heavy (non-hydrogen) atoms. The van der Waals surface area contributed by atoms with Gasteiger partial charge in [0.2, 0.25) is 5.91 Å². The second kappa shape index (κ2) is 6.29. The Labute approximate surface area is 135 Å². The first-order chi connectivity index (χ1) is 11.0. The number of amides is 1. The summed E-state index contributed by atoms with van der Waals surface area (Å²) in [6.45, 7) is 1.88. The van der Waals surface area contributed by atoms with Crippen molar-refractivity contribution in [2.45, 2.75) is 23.8 Å². The summed E-state index contributed by atoms with van der Waals surface area (Å²) < 4.78 is 27.9. The van der Waals surface area contributed by atoms with Gasteiger partial charge in [-0.25, -0.2) is 0 Å². The third-order valence-electron chi connectivity index (χ3n) is 4.06. The van der Waals surface area contributed by atoms with Gasteiger partial charge in [-0.2, -0.15) is 8.42 Å². The van der Waals surface area contributed by atoms with Crippen LogP contribution >= 0.6 is 0 Å². The predicted molar refractivity (Wildman–Crippen MR) is 86.8 cm³/mol. The molecule has 8 heteroatoms. The number of sulfonamides is 1. The summed E-state index contributed by atoms with van der Waals surface area (Å²) in [6.07, 6.45) is 1.82. The molecule has 0 aliphatic carbocycles. The van der Waals surface area contributed by atoms with Crippen LogP contribution in [0.5, 0.6) is 0 Å². The lowest BCUT2D eigenvalue weighted by Gasteiger charge is -2.25. The van der Waals surface area contributed by atoms with Crippen LogP contribution in [-0.4, -0.2) is 57.8 Å². The molecular weight excluding hydrogens is 316 g/mol. The molecule has 1 aromatic rings. The molecule has 2 aliphatic rings. The Bertz CT molecular complexity index is 739. The van der Waals surface area contributed by atoms with E-state index in [1.807, 2.05) is 0 Å². The van der Waals surface area contributed by atoms with Gasteiger partial charge >= 0.3 is 0 Å². The van der Waals surface area contributed by atoms with Gasteiger partial charge in [0, 0.05) is 18.7 Å². The van der Waals surface area contributed by atoms with E-state index in [1.54, 1.807) is 30.1 Å². The molecule has 0 atom stereocenters. The minimum Gasteiger partial charge on any atom is -0.352 e. The average molecular weight is 336 g/mol. The van der Waals surface area contributed by atoms with Gasteiger partial charge in [-0.1, -0.05) is 12.1 Å². The Morgan fingerprint density at radius 2 is 2.04 bits per heavy atom. The Kier molecular flexibility index (Phi) is 4.36. The topological polar surface area (TPSA) is 90.9 Å². The maximum Gasteiger partial charge on any atom is 0.285 e. The monoisotopic (exact) mass is 336 g/mol. The minimum atomic E-state index is -3.66. The van der Waals surface area contributed by atoms with Crippen LogP contribution < -0.4 is 10.6 Å². The number of hydrogen-bond donors (Lipinski definition) is 2. The van der Waals surface area contributed by atoms with Gasteiger partial charge in [0.25, 0.3) is 10.0 Å². The predicted octanol–water partition coefficient (Wildman–Crippen LogP) is -0.0645. The molecule has 0 spiro atoms. The Morgan fingerprint density at radius 1 is 1.35 bits per heavy atom. The van der Waals surface area contributed by atoms with Gasteiger partial charge in [-0.3, -0.25) is 4.79 Å². The van der Waals surface area contributed by atoms with E-state index >= 15 is 0 Å². The zero-order chi connectivity index (χ0) is 16.4. The lowest BCUT2D eigenvalue weighted by Crippen LogP contribution is -2.46. The summed E-state index contributed by atoms with van der Waals surface area (Å²) in [6, 6.07) is 6.85. The molecule has 1 fully saturated rings. The number of rotatable bonds is 3. The number of amidine groups is 1. The minimum absolute atomic E-state index is 0.0760. The maximum atomic E-state index is 12.2. The quantitative estimate of drug-likeness (QED) is 0.807. The molecule has 0 bridgehead atoms. The molecule has 0 aromatic heterocycles. The Hall–Kier alpha value is -1.93. The normalized spacial score (nSPS) is 19.8. The highest BCUT2D eigenvalue weighted by molar-refractivity contribution is 7.90. The van der Waals surface area contributed by atoms with Crippen LogP contribution in [0, 0.1) is 0 Å². The molecule has 1 amide bonds. The van der Waals surface area contributed by atoms with Gasteiger partial charge in [0.05, 0.1) is 6.54 Å². The summed E-state index contributed by atoms with van der Waals surface area (Å²) in [7, 11) is -1.98. The fraction of sp³-hybridized carbons (Fsp3) is 0.467. The van der Waals surface area contributed by atoms with Gasteiger partial charge in [0.1, 0.15) is 4.90 Å². The van der Waals surface area contributed by atoms with Crippen LogP contribution in [0.25, 0.3) is 0 Å². The SMILES string of the molecule is CN(CC(=O)NC1CCNCC1)C1=NS(=O)(=O)c2ccccc21. The van der Waals surface area contributed by atoms with E-state index in [0.29, 0.717) is 11.4 Å². The molecule has 2 N–H and O–H groups in total. The third-order valence-corrected chi connectivity index (χ3v) is 5.38. The third kappa shape index (κ3) is 3.37. The Morgan fingerprint density at radius 3 is 2.78 bits per heavy atom. The highest BCUT2D eigenvalue weighted by atomic mass is 32.2. The number of hydrogen-bond acceptors (Lipinski definition) is 5. The van der Waals surface area contributed by atoms with Crippen LogP contribution in [-0.2, 0) is 14.8 Å². The smallest absolute Gasteiger partial charge is 0.285 e. The molecule has 124 valence electrons. The largest absolute Gasteiger partial charge is 0.352 e. The molecule has 2 aliphatic heterocycles. The zero-order valence-electron chi connectivity index (χ0n) is 12.9. The first-order valence-corrected chi connectivity index (χ1v) is 9.07. The molecule has 7 nitrogen and oxygen atoms in total. The van der Waals surface area contributed by atoms with E-state index in [9.17, 15) is 13.2 Å². The standard InChI is InChI=1S/C15H20N4O3S/c1-19(10-14(20)17-11-6-8-16-9-7-11)15-12-4-2-3-5-13(12)23(21,22)18-15/h2-5,11,16H,6-10H2,1H3,(H,17,20). The summed E-state index contributed by atoms with van der Waals surface area (Å²) in [5.74, 6) is 0.199. The number of piperidine rings is 1. The van der Waals surface area contributed by atoms with Crippen molar-refractivity contribution in [3.8, 4) is 0 Å². The van der Waals surface area contributed by atoms with E-state index in [0.717, 1.165) is 25.9 Å². The van der Waals surface area contributed by atoms with Gasteiger partial charge in [-0.05, 0) is 38.1 Å². The number of nitrogens with zero attached hydrogens (tertiary/aromatic N) is 2. The first-order valence-electron chi connectivity index (χ1n) is 7.63. The van der Waals surface area contributed by atoms with Crippen LogP contribution in [0.3, 0.4) is 0 Å². The fourth-order valence-electron chi connectivity index (χ4n) is 2.89. The second-order valence-electron chi connectivity index (χ2n) is 5.83. The fourth-order valence-corrected chi connectivity index (χ4v) is 4.15. The van der Waals surface area contributed by atoms with Crippen LogP contribution in [0.1, 0.15) is 18.4 Å². The average Bonchev–Trinajstić information content (AvgIpc) is 2.80. The molecular formula is C15H20N4O3S. The van der Waals surface area contributed by atoms with Crippen LogP contribution in [0.15, 0.2) is 33.6 Å². The second-order valence-corrected chi connectivity index (χ2v) is 7.41. The van der Waals surface area contributed by atoms with Crippen molar-refractivity contribution in [3.05, 3.63) is 29.8 Å².